The topological polar surface area (TPSA) is 44.8 Å². The fourth-order valence-corrected chi connectivity index (χ4v) is 2.97. The summed E-state index contributed by atoms with van der Waals surface area (Å²) in [4.78, 5) is 16.4. The molecule has 1 N–H and O–H groups in total. The Kier molecular flexibility index (Phi) is 6.60. The summed E-state index contributed by atoms with van der Waals surface area (Å²) in [6, 6.07) is 0.351. The highest BCUT2D eigenvalue weighted by molar-refractivity contribution is 5.74. The van der Waals surface area contributed by atoms with Crippen LogP contribution in [0.1, 0.15) is 38.5 Å². The number of rotatable bonds is 5. The van der Waals surface area contributed by atoms with Gasteiger partial charge >= 0.3 is 6.03 Å². The second-order valence-electron chi connectivity index (χ2n) is 6.01. The molecule has 1 atom stereocenters. The minimum Gasteiger partial charge on any atom is -0.381 e. The van der Waals surface area contributed by atoms with E-state index >= 15 is 0 Å². The molecular weight excluding hydrogens is 254 g/mol. The van der Waals surface area contributed by atoms with E-state index < -0.39 is 0 Å². The van der Waals surface area contributed by atoms with Crippen LogP contribution < -0.4 is 5.32 Å². The van der Waals surface area contributed by atoms with Crippen LogP contribution >= 0.6 is 0 Å². The van der Waals surface area contributed by atoms with Gasteiger partial charge < -0.3 is 19.9 Å². The van der Waals surface area contributed by atoms with Gasteiger partial charge in [-0.15, -0.1) is 0 Å². The lowest BCUT2D eigenvalue weighted by atomic mass is 10.1. The Morgan fingerprint density at radius 1 is 1.25 bits per heavy atom. The van der Waals surface area contributed by atoms with Crippen molar-refractivity contribution in [3.63, 3.8) is 0 Å². The zero-order chi connectivity index (χ0) is 14.2. The van der Waals surface area contributed by atoms with Gasteiger partial charge in [-0.2, -0.15) is 0 Å². The van der Waals surface area contributed by atoms with Gasteiger partial charge in [0.15, 0.2) is 0 Å². The van der Waals surface area contributed by atoms with Crippen LogP contribution in [0.4, 0.5) is 4.79 Å². The zero-order valence-corrected chi connectivity index (χ0v) is 12.8. The van der Waals surface area contributed by atoms with E-state index in [1.165, 1.54) is 25.9 Å². The molecule has 0 aliphatic carbocycles. The standard InChI is InChI=1S/C15H29N3O2/c1-17(8-5-11-18-9-2-3-10-18)15(19)16-14-6-4-12-20-13-7-14/h14H,2-13H2,1H3,(H,16,19)/t14-/m0/s1. The first-order valence-electron chi connectivity index (χ1n) is 8.07. The molecular formula is C15H29N3O2. The quantitative estimate of drug-likeness (QED) is 0.835. The normalized spacial score (nSPS) is 24.4. The molecule has 5 nitrogen and oxygen atoms in total. The van der Waals surface area contributed by atoms with Crippen molar-refractivity contribution in [2.75, 3.05) is 46.4 Å². The molecule has 0 unspecified atom stereocenters. The van der Waals surface area contributed by atoms with Gasteiger partial charge in [0.25, 0.3) is 0 Å². The maximum absolute atomic E-state index is 12.1. The van der Waals surface area contributed by atoms with E-state index in [1.54, 1.807) is 0 Å². The van der Waals surface area contributed by atoms with Crippen molar-refractivity contribution in [1.82, 2.24) is 15.1 Å². The fraction of sp³-hybridized carbons (Fsp3) is 0.933. The van der Waals surface area contributed by atoms with Crippen molar-refractivity contribution < 1.29 is 9.53 Å². The van der Waals surface area contributed by atoms with Crippen LogP contribution in [0, 0.1) is 0 Å². The second-order valence-corrected chi connectivity index (χ2v) is 6.01. The van der Waals surface area contributed by atoms with Crippen molar-refractivity contribution in [1.29, 1.82) is 0 Å². The van der Waals surface area contributed by atoms with Gasteiger partial charge in [0.05, 0.1) is 0 Å². The molecule has 0 aromatic heterocycles. The van der Waals surface area contributed by atoms with E-state index in [4.69, 9.17) is 4.74 Å². The van der Waals surface area contributed by atoms with E-state index in [0.717, 1.165) is 52.0 Å². The van der Waals surface area contributed by atoms with Gasteiger partial charge in [0.2, 0.25) is 0 Å². The van der Waals surface area contributed by atoms with Crippen LogP contribution in [-0.4, -0.2) is 68.3 Å². The number of amides is 2. The predicted molar refractivity (Wildman–Crippen MR) is 79.9 cm³/mol. The highest BCUT2D eigenvalue weighted by Crippen LogP contribution is 2.09. The molecule has 2 aliphatic rings. The summed E-state index contributed by atoms with van der Waals surface area (Å²) in [6.45, 7) is 6.03. The van der Waals surface area contributed by atoms with Crippen molar-refractivity contribution in [2.45, 2.75) is 44.6 Å². The number of nitrogens with zero attached hydrogens (tertiary/aromatic N) is 2. The number of hydrogen-bond donors (Lipinski definition) is 1. The molecule has 0 spiro atoms. The van der Waals surface area contributed by atoms with Gasteiger partial charge in [0.1, 0.15) is 0 Å². The van der Waals surface area contributed by atoms with Crippen LogP contribution in [0.5, 0.6) is 0 Å². The Balaban J connectivity index is 1.60. The third-order valence-corrected chi connectivity index (χ3v) is 4.29. The van der Waals surface area contributed by atoms with Gasteiger partial charge in [-0.05, 0) is 58.2 Å². The van der Waals surface area contributed by atoms with Crippen LogP contribution in [-0.2, 0) is 4.74 Å². The number of ether oxygens (including phenoxy) is 1. The first-order valence-corrected chi connectivity index (χ1v) is 8.07. The molecule has 2 rings (SSSR count). The highest BCUT2D eigenvalue weighted by atomic mass is 16.5. The lowest BCUT2D eigenvalue weighted by molar-refractivity contribution is 0.142. The molecule has 0 aromatic carbocycles. The molecule has 0 radical (unpaired) electrons. The minimum absolute atomic E-state index is 0.0679. The lowest BCUT2D eigenvalue weighted by Crippen LogP contribution is -2.44. The first-order chi connectivity index (χ1) is 9.75. The predicted octanol–water partition coefficient (Wildman–Crippen LogP) is 1.68. The van der Waals surface area contributed by atoms with Crippen molar-refractivity contribution >= 4 is 6.03 Å². The number of nitrogens with one attached hydrogen (secondary N) is 1. The Bertz CT molecular complexity index is 285. The van der Waals surface area contributed by atoms with E-state index in [1.807, 2.05) is 11.9 Å². The molecule has 0 aromatic rings. The van der Waals surface area contributed by atoms with Crippen LogP contribution in [0.3, 0.4) is 0 Å². The van der Waals surface area contributed by atoms with E-state index in [-0.39, 0.29) is 12.1 Å². The fourth-order valence-electron chi connectivity index (χ4n) is 2.97. The SMILES string of the molecule is CN(CCCN1CCCC1)C(=O)N[C@H]1CCCOCC1. The molecule has 0 bridgehead atoms. The third-order valence-electron chi connectivity index (χ3n) is 4.29. The zero-order valence-electron chi connectivity index (χ0n) is 12.8. The Morgan fingerprint density at radius 2 is 2.05 bits per heavy atom. The molecule has 2 amide bonds. The summed E-state index contributed by atoms with van der Waals surface area (Å²) < 4.78 is 5.42. The van der Waals surface area contributed by atoms with Crippen LogP contribution in [0.25, 0.3) is 0 Å². The summed E-state index contributed by atoms with van der Waals surface area (Å²) in [5.74, 6) is 0. The van der Waals surface area contributed by atoms with E-state index in [9.17, 15) is 4.79 Å². The maximum atomic E-state index is 12.1. The monoisotopic (exact) mass is 283 g/mol. The summed E-state index contributed by atoms with van der Waals surface area (Å²) >= 11 is 0. The van der Waals surface area contributed by atoms with E-state index in [0.29, 0.717) is 0 Å². The first kappa shape index (κ1) is 15.6. The average Bonchev–Trinajstić information content (AvgIpc) is 2.82. The van der Waals surface area contributed by atoms with Crippen molar-refractivity contribution in [3.05, 3.63) is 0 Å². The van der Waals surface area contributed by atoms with Gasteiger partial charge in [-0.1, -0.05) is 0 Å². The molecule has 20 heavy (non-hydrogen) atoms. The number of likely N-dealkylation sites (tertiary alicyclic amines) is 1. The lowest BCUT2D eigenvalue weighted by Gasteiger charge is -2.23. The summed E-state index contributed by atoms with van der Waals surface area (Å²) in [6.07, 6.45) is 6.75. The number of urea groups is 1. The Hall–Kier alpha value is -0.810. The molecule has 5 heteroatoms. The van der Waals surface area contributed by atoms with Crippen molar-refractivity contribution in [3.8, 4) is 0 Å². The number of hydrogen-bond acceptors (Lipinski definition) is 3. The van der Waals surface area contributed by atoms with Gasteiger partial charge in [-0.25, -0.2) is 4.79 Å². The maximum Gasteiger partial charge on any atom is 0.317 e. The van der Waals surface area contributed by atoms with Crippen LogP contribution in [0.2, 0.25) is 0 Å². The molecule has 0 saturated carbocycles. The van der Waals surface area contributed by atoms with Gasteiger partial charge in [-0.3, -0.25) is 0 Å². The molecule has 2 fully saturated rings. The Labute approximate surface area is 122 Å². The molecule has 2 saturated heterocycles. The summed E-state index contributed by atoms with van der Waals surface area (Å²) in [7, 11) is 1.90. The second kappa shape index (κ2) is 8.47. The Morgan fingerprint density at radius 3 is 2.85 bits per heavy atom. The van der Waals surface area contributed by atoms with Crippen molar-refractivity contribution in [2.24, 2.45) is 0 Å². The summed E-state index contributed by atoms with van der Waals surface area (Å²) in [5.41, 5.74) is 0. The molecule has 116 valence electrons. The van der Waals surface area contributed by atoms with Gasteiger partial charge in [0, 0.05) is 32.8 Å². The average molecular weight is 283 g/mol. The number of carbonyl (C=O) groups is 1. The third kappa shape index (κ3) is 5.29. The largest absolute Gasteiger partial charge is 0.381 e. The smallest absolute Gasteiger partial charge is 0.317 e. The van der Waals surface area contributed by atoms with E-state index in [2.05, 4.69) is 10.2 Å². The van der Waals surface area contributed by atoms with Crippen LogP contribution in [0.15, 0.2) is 0 Å². The summed E-state index contributed by atoms with van der Waals surface area (Å²) in [5, 5.41) is 3.13. The molecule has 2 heterocycles. The minimum atomic E-state index is 0.0679. The highest BCUT2D eigenvalue weighted by Gasteiger charge is 2.17. The number of carbonyl (C=O) groups excluding carboxylic acids is 1. The molecule has 2 aliphatic heterocycles.